The van der Waals surface area contributed by atoms with Crippen LogP contribution in [0.2, 0.25) is 0 Å². The van der Waals surface area contributed by atoms with Crippen molar-refractivity contribution in [3.8, 4) is 22.6 Å². The number of hydrogen-bond acceptors (Lipinski definition) is 6. The van der Waals surface area contributed by atoms with E-state index >= 15 is 0 Å². The van der Waals surface area contributed by atoms with Crippen molar-refractivity contribution in [1.82, 2.24) is 0 Å². The second-order valence-electron chi connectivity index (χ2n) is 8.24. The molecule has 1 heterocycles. The molecule has 0 saturated carbocycles. The van der Waals surface area contributed by atoms with E-state index in [0.717, 1.165) is 33.4 Å². The van der Waals surface area contributed by atoms with E-state index in [4.69, 9.17) is 18.6 Å². The monoisotopic (exact) mass is 499 g/mol. The quantitative estimate of drug-likeness (QED) is 0.203. The largest absolute Gasteiger partial charge is 0.496 e. The van der Waals surface area contributed by atoms with Gasteiger partial charge in [0, 0.05) is 39.9 Å². The van der Waals surface area contributed by atoms with Gasteiger partial charge in [-0.25, -0.2) is 4.79 Å². The molecular formula is C30H29NO6. The maximum Gasteiger partial charge on any atom is 0.338 e. The van der Waals surface area contributed by atoms with Crippen molar-refractivity contribution in [3.05, 3.63) is 84.1 Å². The summed E-state index contributed by atoms with van der Waals surface area (Å²) in [6.45, 7) is 6.28. The molecule has 1 N–H and O–H groups in total. The SMILES string of the molecule is CCOC(=O)c1ccc(NC(=O)/C=C(\C)c2cc3c(-c4ccccc4OC)coc3cc2OCC)cc1. The van der Waals surface area contributed by atoms with Crippen LogP contribution in [0.25, 0.3) is 27.7 Å². The van der Waals surface area contributed by atoms with Crippen LogP contribution >= 0.6 is 0 Å². The molecule has 1 amide bonds. The molecule has 7 nitrogen and oxygen atoms in total. The zero-order chi connectivity index (χ0) is 26.4. The minimum Gasteiger partial charge on any atom is -0.496 e. The van der Waals surface area contributed by atoms with Crippen LogP contribution in [0.5, 0.6) is 11.5 Å². The molecule has 0 bridgehead atoms. The van der Waals surface area contributed by atoms with Crippen molar-refractivity contribution >= 4 is 34.1 Å². The van der Waals surface area contributed by atoms with E-state index in [-0.39, 0.29) is 5.91 Å². The predicted octanol–water partition coefficient (Wildman–Crippen LogP) is 6.73. The smallest absolute Gasteiger partial charge is 0.338 e. The van der Waals surface area contributed by atoms with Gasteiger partial charge in [0.05, 0.1) is 32.2 Å². The van der Waals surface area contributed by atoms with Gasteiger partial charge in [0.25, 0.3) is 0 Å². The maximum atomic E-state index is 12.8. The van der Waals surface area contributed by atoms with Gasteiger partial charge >= 0.3 is 5.97 Å². The average Bonchev–Trinajstić information content (AvgIpc) is 3.31. The molecule has 0 unspecified atom stereocenters. The highest BCUT2D eigenvalue weighted by Gasteiger charge is 2.17. The summed E-state index contributed by atoms with van der Waals surface area (Å²) < 4.78 is 22.3. The Labute approximate surface area is 215 Å². The number of para-hydroxylation sites is 1. The molecule has 0 aliphatic carbocycles. The lowest BCUT2D eigenvalue weighted by Gasteiger charge is -2.12. The van der Waals surface area contributed by atoms with E-state index in [9.17, 15) is 9.59 Å². The van der Waals surface area contributed by atoms with Gasteiger partial charge in [0.2, 0.25) is 5.91 Å². The summed E-state index contributed by atoms with van der Waals surface area (Å²) in [5.74, 6) is 0.653. The summed E-state index contributed by atoms with van der Waals surface area (Å²) in [7, 11) is 1.63. The van der Waals surface area contributed by atoms with Crippen molar-refractivity contribution in [3.63, 3.8) is 0 Å². The number of allylic oxidation sites excluding steroid dienone is 1. The summed E-state index contributed by atoms with van der Waals surface area (Å²) in [6.07, 6.45) is 3.22. The molecule has 4 rings (SSSR count). The number of rotatable bonds is 9. The molecule has 1 aromatic heterocycles. The fraction of sp³-hybridized carbons (Fsp3) is 0.200. The lowest BCUT2D eigenvalue weighted by molar-refractivity contribution is -0.111. The van der Waals surface area contributed by atoms with Crippen LogP contribution in [0.4, 0.5) is 5.69 Å². The highest BCUT2D eigenvalue weighted by Crippen LogP contribution is 2.40. The number of carbonyl (C=O) groups is 2. The van der Waals surface area contributed by atoms with E-state index < -0.39 is 5.97 Å². The molecule has 0 aliphatic rings. The molecule has 0 aliphatic heterocycles. The number of esters is 1. The van der Waals surface area contributed by atoms with Gasteiger partial charge in [-0.15, -0.1) is 0 Å². The molecule has 0 saturated heterocycles. The lowest BCUT2D eigenvalue weighted by Crippen LogP contribution is -2.09. The zero-order valence-corrected chi connectivity index (χ0v) is 21.3. The first-order chi connectivity index (χ1) is 17.9. The third-order valence-electron chi connectivity index (χ3n) is 5.81. The van der Waals surface area contributed by atoms with Gasteiger partial charge in [-0.1, -0.05) is 18.2 Å². The topological polar surface area (TPSA) is 87.0 Å². The van der Waals surface area contributed by atoms with E-state index in [0.29, 0.717) is 35.8 Å². The molecule has 4 aromatic rings. The Morgan fingerprint density at radius 3 is 2.41 bits per heavy atom. The summed E-state index contributed by atoms with van der Waals surface area (Å²) in [6, 6.07) is 18.1. The second kappa shape index (κ2) is 11.5. The van der Waals surface area contributed by atoms with Crippen molar-refractivity contribution in [1.29, 1.82) is 0 Å². The normalized spacial score (nSPS) is 11.3. The highest BCUT2D eigenvalue weighted by atomic mass is 16.5. The number of benzene rings is 3. The van der Waals surface area contributed by atoms with Crippen molar-refractivity contribution in [2.24, 2.45) is 0 Å². The van der Waals surface area contributed by atoms with Gasteiger partial charge in [0.1, 0.15) is 17.1 Å². The zero-order valence-electron chi connectivity index (χ0n) is 21.3. The van der Waals surface area contributed by atoms with Crippen LogP contribution in [0, 0.1) is 0 Å². The van der Waals surface area contributed by atoms with Crippen LogP contribution in [0.1, 0.15) is 36.7 Å². The standard InChI is InChI=1S/C30H29NO6/c1-5-35-27-17-28-24(25(18-37-28)22-9-7-8-10-26(22)34-4)16-23(27)19(3)15-29(32)31-21-13-11-20(12-14-21)30(33)36-6-2/h7-18H,5-6H2,1-4H3,(H,31,32)/b19-15+. The maximum absolute atomic E-state index is 12.8. The molecule has 0 radical (unpaired) electrons. The van der Waals surface area contributed by atoms with Crippen LogP contribution < -0.4 is 14.8 Å². The van der Waals surface area contributed by atoms with Crippen LogP contribution in [-0.2, 0) is 9.53 Å². The summed E-state index contributed by atoms with van der Waals surface area (Å²) in [5.41, 5.74) is 4.95. The molecule has 190 valence electrons. The summed E-state index contributed by atoms with van der Waals surface area (Å²) >= 11 is 0. The minimum atomic E-state index is -0.401. The second-order valence-corrected chi connectivity index (χ2v) is 8.24. The first-order valence-corrected chi connectivity index (χ1v) is 12.0. The van der Waals surface area contributed by atoms with Gasteiger partial charge < -0.3 is 23.9 Å². The van der Waals surface area contributed by atoms with E-state index in [2.05, 4.69) is 5.32 Å². The molecule has 0 spiro atoms. The van der Waals surface area contributed by atoms with E-state index in [1.54, 1.807) is 44.6 Å². The van der Waals surface area contributed by atoms with E-state index in [1.165, 1.54) is 6.08 Å². The molecule has 0 atom stereocenters. The number of ether oxygens (including phenoxy) is 3. The highest BCUT2D eigenvalue weighted by molar-refractivity contribution is 6.05. The summed E-state index contributed by atoms with van der Waals surface area (Å²) in [5, 5.41) is 3.71. The predicted molar refractivity (Wildman–Crippen MR) is 144 cm³/mol. The first-order valence-electron chi connectivity index (χ1n) is 12.0. The number of furan rings is 1. The first kappa shape index (κ1) is 25.6. The summed E-state index contributed by atoms with van der Waals surface area (Å²) in [4.78, 5) is 24.7. The van der Waals surface area contributed by atoms with Crippen molar-refractivity contribution in [2.75, 3.05) is 25.6 Å². The van der Waals surface area contributed by atoms with Crippen molar-refractivity contribution < 1.29 is 28.2 Å². The molecule has 3 aromatic carbocycles. The molecule has 7 heteroatoms. The number of anilines is 1. The number of nitrogens with one attached hydrogen (secondary N) is 1. The Bertz CT molecular complexity index is 1450. The Balaban J connectivity index is 1.65. The van der Waals surface area contributed by atoms with Gasteiger partial charge in [-0.3, -0.25) is 4.79 Å². The Morgan fingerprint density at radius 1 is 0.946 bits per heavy atom. The van der Waals surface area contributed by atoms with Gasteiger partial charge in [-0.05, 0) is 62.7 Å². The van der Waals surface area contributed by atoms with Gasteiger partial charge in [-0.2, -0.15) is 0 Å². The third-order valence-corrected chi connectivity index (χ3v) is 5.81. The minimum absolute atomic E-state index is 0.302. The fourth-order valence-electron chi connectivity index (χ4n) is 4.07. The average molecular weight is 500 g/mol. The third kappa shape index (κ3) is 5.67. The number of methoxy groups -OCH3 is 1. The van der Waals surface area contributed by atoms with Gasteiger partial charge in [0.15, 0.2) is 0 Å². The number of amides is 1. The van der Waals surface area contributed by atoms with Crippen LogP contribution in [0.15, 0.2) is 77.4 Å². The number of fused-ring (bicyclic) bond motifs is 1. The Kier molecular flexibility index (Phi) is 7.93. The lowest BCUT2D eigenvalue weighted by atomic mass is 9.98. The fourth-order valence-corrected chi connectivity index (χ4v) is 4.07. The molecule has 0 fully saturated rings. The van der Waals surface area contributed by atoms with Crippen LogP contribution in [-0.4, -0.2) is 32.2 Å². The number of carbonyl (C=O) groups excluding carboxylic acids is 2. The van der Waals surface area contributed by atoms with Crippen molar-refractivity contribution in [2.45, 2.75) is 20.8 Å². The number of hydrogen-bond donors (Lipinski definition) is 1. The Hall–Kier alpha value is -4.52. The Morgan fingerprint density at radius 2 is 1.70 bits per heavy atom. The molecular weight excluding hydrogens is 470 g/mol. The van der Waals surface area contributed by atoms with Crippen LogP contribution in [0.3, 0.4) is 0 Å². The molecule has 37 heavy (non-hydrogen) atoms. The van der Waals surface area contributed by atoms with E-state index in [1.807, 2.05) is 50.2 Å².